The SMILES string of the molecule is CN1CCC(NC(=O)C2(C)CCCCN2)CC1. The first-order chi connectivity index (χ1) is 8.10. The number of hydrogen-bond acceptors (Lipinski definition) is 3. The third kappa shape index (κ3) is 3.19. The van der Waals surface area contributed by atoms with Gasteiger partial charge in [0.2, 0.25) is 5.91 Å². The monoisotopic (exact) mass is 239 g/mol. The number of rotatable bonds is 2. The Morgan fingerprint density at radius 1 is 1.35 bits per heavy atom. The van der Waals surface area contributed by atoms with Gasteiger partial charge in [0.1, 0.15) is 0 Å². The van der Waals surface area contributed by atoms with Crippen LogP contribution in [-0.4, -0.2) is 49.1 Å². The van der Waals surface area contributed by atoms with Gasteiger partial charge in [-0.3, -0.25) is 4.79 Å². The van der Waals surface area contributed by atoms with E-state index in [1.54, 1.807) is 0 Å². The smallest absolute Gasteiger partial charge is 0.240 e. The molecule has 1 unspecified atom stereocenters. The largest absolute Gasteiger partial charge is 0.352 e. The average molecular weight is 239 g/mol. The van der Waals surface area contributed by atoms with Crippen LogP contribution < -0.4 is 10.6 Å². The molecule has 4 nitrogen and oxygen atoms in total. The molecule has 2 aliphatic heterocycles. The van der Waals surface area contributed by atoms with Crippen LogP contribution in [0.15, 0.2) is 0 Å². The highest BCUT2D eigenvalue weighted by molar-refractivity contribution is 5.86. The summed E-state index contributed by atoms with van der Waals surface area (Å²) in [5.74, 6) is 0.201. The van der Waals surface area contributed by atoms with Crippen molar-refractivity contribution in [3.63, 3.8) is 0 Å². The molecule has 2 aliphatic rings. The second kappa shape index (κ2) is 5.36. The van der Waals surface area contributed by atoms with E-state index < -0.39 is 0 Å². The molecule has 0 spiro atoms. The van der Waals surface area contributed by atoms with Gasteiger partial charge >= 0.3 is 0 Å². The van der Waals surface area contributed by atoms with Crippen LogP contribution in [0.1, 0.15) is 39.0 Å². The Morgan fingerprint density at radius 3 is 2.65 bits per heavy atom. The topological polar surface area (TPSA) is 44.4 Å². The fourth-order valence-electron chi connectivity index (χ4n) is 2.75. The molecule has 1 amide bonds. The maximum absolute atomic E-state index is 12.3. The van der Waals surface area contributed by atoms with Crippen LogP contribution in [0.4, 0.5) is 0 Å². The molecule has 0 saturated carbocycles. The predicted molar refractivity (Wildman–Crippen MR) is 68.9 cm³/mol. The Hall–Kier alpha value is -0.610. The quantitative estimate of drug-likeness (QED) is 0.746. The van der Waals surface area contributed by atoms with Crippen LogP contribution >= 0.6 is 0 Å². The molecule has 0 bridgehead atoms. The molecule has 1 atom stereocenters. The lowest BCUT2D eigenvalue weighted by Crippen LogP contribution is -2.59. The number of hydrogen-bond donors (Lipinski definition) is 2. The second-order valence-electron chi connectivity index (χ2n) is 5.77. The lowest BCUT2D eigenvalue weighted by atomic mass is 9.89. The Bertz CT molecular complexity index is 266. The minimum atomic E-state index is -0.332. The summed E-state index contributed by atoms with van der Waals surface area (Å²) >= 11 is 0. The van der Waals surface area contributed by atoms with E-state index in [9.17, 15) is 4.79 Å². The summed E-state index contributed by atoms with van der Waals surface area (Å²) in [6.07, 6.45) is 5.48. The predicted octanol–water partition coefficient (Wildman–Crippen LogP) is 0.729. The maximum Gasteiger partial charge on any atom is 0.240 e. The number of carbonyl (C=O) groups excluding carboxylic acids is 1. The Balaban J connectivity index is 1.83. The first-order valence-corrected chi connectivity index (χ1v) is 6.85. The fraction of sp³-hybridized carbons (Fsp3) is 0.923. The van der Waals surface area contributed by atoms with E-state index in [2.05, 4.69) is 22.6 Å². The fourth-order valence-corrected chi connectivity index (χ4v) is 2.75. The highest BCUT2D eigenvalue weighted by atomic mass is 16.2. The lowest BCUT2D eigenvalue weighted by molar-refractivity contribution is -0.129. The molecule has 2 fully saturated rings. The van der Waals surface area contributed by atoms with Crippen LogP contribution in [0.25, 0.3) is 0 Å². The molecule has 0 aliphatic carbocycles. The van der Waals surface area contributed by atoms with Gasteiger partial charge in [-0.1, -0.05) is 0 Å². The number of nitrogens with one attached hydrogen (secondary N) is 2. The summed E-state index contributed by atoms with van der Waals surface area (Å²) in [6, 6.07) is 0.374. The van der Waals surface area contributed by atoms with Gasteiger partial charge in [-0.2, -0.15) is 0 Å². The zero-order valence-corrected chi connectivity index (χ0v) is 11.1. The summed E-state index contributed by atoms with van der Waals surface area (Å²) in [4.78, 5) is 14.6. The Morgan fingerprint density at radius 2 is 2.06 bits per heavy atom. The number of piperidine rings is 2. The molecule has 0 radical (unpaired) electrons. The summed E-state index contributed by atoms with van der Waals surface area (Å²) in [6.45, 7) is 5.19. The van der Waals surface area contributed by atoms with Crippen molar-refractivity contribution in [2.45, 2.75) is 50.6 Å². The normalized spacial score (nSPS) is 32.4. The van der Waals surface area contributed by atoms with Crippen molar-refractivity contribution in [2.75, 3.05) is 26.7 Å². The van der Waals surface area contributed by atoms with E-state index in [-0.39, 0.29) is 11.4 Å². The second-order valence-corrected chi connectivity index (χ2v) is 5.77. The van der Waals surface area contributed by atoms with E-state index in [0.29, 0.717) is 6.04 Å². The first-order valence-electron chi connectivity index (χ1n) is 6.85. The van der Waals surface area contributed by atoms with Crippen LogP contribution in [-0.2, 0) is 4.79 Å². The van der Waals surface area contributed by atoms with Crippen LogP contribution in [0.3, 0.4) is 0 Å². The van der Waals surface area contributed by atoms with Gasteiger partial charge < -0.3 is 15.5 Å². The molecule has 0 aromatic rings. The zero-order chi connectivity index (χ0) is 12.3. The summed E-state index contributed by atoms with van der Waals surface area (Å²) in [7, 11) is 2.14. The third-order valence-corrected chi connectivity index (χ3v) is 4.17. The van der Waals surface area contributed by atoms with E-state index in [0.717, 1.165) is 45.3 Å². The van der Waals surface area contributed by atoms with Gasteiger partial charge in [0.05, 0.1) is 5.54 Å². The summed E-state index contributed by atoms with van der Waals surface area (Å²) in [5.41, 5.74) is -0.332. The number of likely N-dealkylation sites (tertiary alicyclic amines) is 1. The highest BCUT2D eigenvalue weighted by Crippen LogP contribution is 2.19. The van der Waals surface area contributed by atoms with Crippen LogP contribution in [0.2, 0.25) is 0 Å². The van der Waals surface area contributed by atoms with Gasteiger partial charge in [-0.05, 0) is 65.7 Å². The molecule has 0 aromatic carbocycles. The van der Waals surface area contributed by atoms with Crippen LogP contribution in [0, 0.1) is 0 Å². The molecule has 2 saturated heterocycles. The van der Waals surface area contributed by atoms with Crippen molar-refractivity contribution in [2.24, 2.45) is 0 Å². The van der Waals surface area contributed by atoms with Crippen molar-refractivity contribution in [3.05, 3.63) is 0 Å². The highest BCUT2D eigenvalue weighted by Gasteiger charge is 2.35. The average Bonchev–Trinajstić information content (AvgIpc) is 2.33. The van der Waals surface area contributed by atoms with Crippen molar-refractivity contribution < 1.29 is 4.79 Å². The standard InChI is InChI=1S/C13H25N3O/c1-13(7-3-4-8-14-13)12(17)15-11-5-9-16(2)10-6-11/h11,14H,3-10H2,1-2H3,(H,15,17). The van der Waals surface area contributed by atoms with E-state index in [4.69, 9.17) is 0 Å². The van der Waals surface area contributed by atoms with Crippen molar-refractivity contribution in [1.82, 2.24) is 15.5 Å². The summed E-state index contributed by atoms with van der Waals surface area (Å²) in [5, 5.41) is 6.59. The molecule has 4 heteroatoms. The van der Waals surface area contributed by atoms with Crippen molar-refractivity contribution >= 4 is 5.91 Å². The van der Waals surface area contributed by atoms with Gasteiger partial charge in [0, 0.05) is 6.04 Å². The van der Waals surface area contributed by atoms with Gasteiger partial charge in [0.25, 0.3) is 0 Å². The van der Waals surface area contributed by atoms with Crippen molar-refractivity contribution in [3.8, 4) is 0 Å². The zero-order valence-electron chi connectivity index (χ0n) is 11.1. The minimum Gasteiger partial charge on any atom is -0.352 e. The minimum absolute atomic E-state index is 0.201. The Labute approximate surface area is 104 Å². The molecule has 0 aromatic heterocycles. The molecule has 98 valence electrons. The number of carbonyl (C=O) groups is 1. The third-order valence-electron chi connectivity index (χ3n) is 4.17. The number of nitrogens with zero attached hydrogens (tertiary/aromatic N) is 1. The van der Waals surface area contributed by atoms with Crippen LogP contribution in [0.5, 0.6) is 0 Å². The first kappa shape index (κ1) is 12.8. The molecule has 17 heavy (non-hydrogen) atoms. The number of amides is 1. The van der Waals surface area contributed by atoms with Gasteiger partial charge in [-0.25, -0.2) is 0 Å². The van der Waals surface area contributed by atoms with E-state index in [1.165, 1.54) is 6.42 Å². The van der Waals surface area contributed by atoms with E-state index >= 15 is 0 Å². The molecular formula is C13H25N3O. The lowest BCUT2D eigenvalue weighted by Gasteiger charge is -2.36. The van der Waals surface area contributed by atoms with Gasteiger partial charge in [-0.15, -0.1) is 0 Å². The Kier molecular flexibility index (Phi) is 4.05. The van der Waals surface area contributed by atoms with Gasteiger partial charge in [0.15, 0.2) is 0 Å². The van der Waals surface area contributed by atoms with E-state index in [1.807, 2.05) is 6.92 Å². The molecule has 2 rings (SSSR count). The molecular weight excluding hydrogens is 214 g/mol. The summed E-state index contributed by atoms with van der Waals surface area (Å²) < 4.78 is 0. The maximum atomic E-state index is 12.3. The van der Waals surface area contributed by atoms with Crippen molar-refractivity contribution in [1.29, 1.82) is 0 Å². The molecule has 2 heterocycles. The molecule has 2 N–H and O–H groups in total.